The van der Waals surface area contributed by atoms with Crippen molar-refractivity contribution in [1.82, 2.24) is 0 Å². The standard InChI is InChI=1S/C13H17N3/c1-2-3-9-13(15-10-12(14)16-13)11-7-5-4-6-8-11/h4-8,10H,2-3,9H2,1H3,(H2,14,16). The maximum absolute atomic E-state index is 5.72. The smallest absolute Gasteiger partial charge is 0.178 e. The van der Waals surface area contributed by atoms with Crippen LogP contribution < -0.4 is 5.73 Å². The number of hydrogen-bond donors (Lipinski definition) is 1. The van der Waals surface area contributed by atoms with E-state index >= 15 is 0 Å². The topological polar surface area (TPSA) is 50.7 Å². The van der Waals surface area contributed by atoms with Crippen molar-refractivity contribution in [3.63, 3.8) is 0 Å². The molecule has 16 heavy (non-hydrogen) atoms. The van der Waals surface area contributed by atoms with Crippen LogP contribution in [0.25, 0.3) is 0 Å². The molecular weight excluding hydrogens is 198 g/mol. The van der Waals surface area contributed by atoms with E-state index in [4.69, 9.17) is 5.73 Å². The first-order chi connectivity index (χ1) is 7.77. The highest BCUT2D eigenvalue weighted by Crippen LogP contribution is 2.34. The van der Waals surface area contributed by atoms with Crippen molar-refractivity contribution in [1.29, 1.82) is 0 Å². The lowest BCUT2D eigenvalue weighted by molar-refractivity contribution is 0.425. The quantitative estimate of drug-likeness (QED) is 0.824. The summed E-state index contributed by atoms with van der Waals surface area (Å²) in [5, 5.41) is 0. The van der Waals surface area contributed by atoms with Gasteiger partial charge in [0.15, 0.2) is 5.66 Å². The molecule has 0 radical (unpaired) electrons. The minimum atomic E-state index is -0.457. The Hall–Kier alpha value is -1.64. The van der Waals surface area contributed by atoms with Crippen LogP contribution in [0, 0.1) is 0 Å². The summed E-state index contributed by atoms with van der Waals surface area (Å²) in [7, 11) is 0. The second-order valence-corrected chi connectivity index (χ2v) is 4.08. The number of nitrogens with zero attached hydrogens (tertiary/aromatic N) is 2. The third-order valence-corrected chi connectivity index (χ3v) is 2.84. The summed E-state index contributed by atoms with van der Waals surface area (Å²) < 4.78 is 0. The third-order valence-electron chi connectivity index (χ3n) is 2.84. The van der Waals surface area contributed by atoms with Crippen LogP contribution >= 0.6 is 0 Å². The van der Waals surface area contributed by atoms with Gasteiger partial charge in [-0.25, -0.2) is 4.99 Å². The van der Waals surface area contributed by atoms with E-state index in [0.29, 0.717) is 5.84 Å². The molecule has 1 atom stereocenters. The summed E-state index contributed by atoms with van der Waals surface area (Å²) >= 11 is 0. The Bertz CT molecular complexity index is 408. The normalized spacial score (nSPS) is 23.4. The van der Waals surface area contributed by atoms with Crippen molar-refractivity contribution < 1.29 is 0 Å². The zero-order valence-electron chi connectivity index (χ0n) is 9.56. The molecule has 1 aliphatic rings. The molecule has 1 aliphatic heterocycles. The maximum Gasteiger partial charge on any atom is 0.178 e. The Kier molecular flexibility index (Phi) is 3.04. The zero-order valence-corrected chi connectivity index (χ0v) is 9.56. The molecule has 1 aromatic rings. The molecule has 84 valence electrons. The van der Waals surface area contributed by atoms with Gasteiger partial charge in [0.1, 0.15) is 5.84 Å². The molecular formula is C13H17N3. The number of rotatable bonds is 4. The van der Waals surface area contributed by atoms with E-state index in [1.165, 1.54) is 0 Å². The highest BCUT2D eigenvalue weighted by molar-refractivity contribution is 6.30. The second-order valence-electron chi connectivity index (χ2n) is 4.08. The monoisotopic (exact) mass is 215 g/mol. The molecule has 3 heteroatoms. The molecule has 2 N–H and O–H groups in total. The minimum Gasteiger partial charge on any atom is -0.383 e. The number of benzene rings is 1. The molecule has 3 nitrogen and oxygen atoms in total. The van der Waals surface area contributed by atoms with Gasteiger partial charge in [-0.1, -0.05) is 43.7 Å². The first-order valence-corrected chi connectivity index (χ1v) is 5.73. The fourth-order valence-electron chi connectivity index (χ4n) is 1.98. The van der Waals surface area contributed by atoms with Gasteiger partial charge in [0.2, 0.25) is 0 Å². The van der Waals surface area contributed by atoms with E-state index in [0.717, 1.165) is 24.8 Å². The summed E-state index contributed by atoms with van der Waals surface area (Å²) in [6.07, 6.45) is 4.83. The Labute approximate surface area is 96.1 Å². The van der Waals surface area contributed by atoms with E-state index < -0.39 is 5.66 Å². The molecule has 1 unspecified atom stereocenters. The fraction of sp³-hybridized carbons (Fsp3) is 0.385. The highest BCUT2D eigenvalue weighted by atomic mass is 15.2. The molecule has 1 heterocycles. The van der Waals surface area contributed by atoms with Crippen molar-refractivity contribution in [2.75, 3.05) is 0 Å². The van der Waals surface area contributed by atoms with Crippen molar-refractivity contribution in [3.8, 4) is 0 Å². The summed E-state index contributed by atoms with van der Waals surface area (Å²) in [5.41, 5.74) is 6.39. The van der Waals surface area contributed by atoms with Gasteiger partial charge < -0.3 is 5.73 Å². The fourth-order valence-corrected chi connectivity index (χ4v) is 1.98. The molecule has 0 saturated carbocycles. The first kappa shape index (κ1) is 10.9. The second kappa shape index (κ2) is 4.47. The number of amidine groups is 1. The molecule has 0 amide bonds. The Morgan fingerprint density at radius 2 is 2.00 bits per heavy atom. The molecule has 0 fully saturated rings. The van der Waals surface area contributed by atoms with Crippen molar-refractivity contribution in [2.24, 2.45) is 15.7 Å². The summed E-state index contributed by atoms with van der Waals surface area (Å²) in [6.45, 7) is 2.17. The highest BCUT2D eigenvalue weighted by Gasteiger charge is 2.32. The predicted molar refractivity (Wildman–Crippen MR) is 67.8 cm³/mol. The molecule has 0 spiro atoms. The van der Waals surface area contributed by atoms with Gasteiger partial charge >= 0.3 is 0 Å². The van der Waals surface area contributed by atoms with Gasteiger partial charge in [0.05, 0.1) is 6.21 Å². The Morgan fingerprint density at radius 1 is 1.25 bits per heavy atom. The van der Waals surface area contributed by atoms with Gasteiger partial charge in [-0.3, -0.25) is 4.99 Å². The molecule has 2 rings (SSSR count). The number of unbranched alkanes of at least 4 members (excludes halogenated alkanes) is 1. The lowest BCUT2D eigenvalue weighted by Gasteiger charge is -2.23. The molecule has 0 aliphatic carbocycles. The maximum atomic E-state index is 5.72. The zero-order chi connectivity index (χ0) is 11.4. The number of aliphatic imine (C=N–C) groups is 2. The van der Waals surface area contributed by atoms with Crippen LogP contribution in [-0.2, 0) is 5.66 Å². The lowest BCUT2D eigenvalue weighted by Crippen LogP contribution is -2.20. The minimum absolute atomic E-state index is 0.457. The van der Waals surface area contributed by atoms with E-state index in [2.05, 4.69) is 29.0 Å². The largest absolute Gasteiger partial charge is 0.383 e. The molecule has 0 bridgehead atoms. The average Bonchev–Trinajstić information content (AvgIpc) is 2.71. The van der Waals surface area contributed by atoms with Crippen LogP contribution in [0.3, 0.4) is 0 Å². The van der Waals surface area contributed by atoms with E-state index in [9.17, 15) is 0 Å². The number of nitrogens with two attached hydrogens (primary N) is 1. The predicted octanol–water partition coefficient (Wildman–Crippen LogP) is 2.47. The van der Waals surface area contributed by atoms with Crippen LogP contribution in [0.5, 0.6) is 0 Å². The van der Waals surface area contributed by atoms with Crippen LogP contribution in [0.2, 0.25) is 0 Å². The summed E-state index contributed by atoms with van der Waals surface area (Å²) in [5.74, 6) is 0.528. The lowest BCUT2D eigenvalue weighted by atomic mass is 9.95. The van der Waals surface area contributed by atoms with Crippen LogP contribution in [0.1, 0.15) is 31.7 Å². The molecule has 1 aromatic carbocycles. The van der Waals surface area contributed by atoms with E-state index in [1.54, 1.807) is 6.21 Å². The molecule has 0 aromatic heterocycles. The summed E-state index contributed by atoms with van der Waals surface area (Å²) in [4.78, 5) is 9.00. The Balaban J connectivity index is 2.33. The van der Waals surface area contributed by atoms with Gasteiger partial charge in [0.25, 0.3) is 0 Å². The van der Waals surface area contributed by atoms with Crippen molar-refractivity contribution >= 4 is 12.1 Å². The van der Waals surface area contributed by atoms with Crippen LogP contribution in [0.4, 0.5) is 0 Å². The number of hydrogen-bond acceptors (Lipinski definition) is 3. The average molecular weight is 215 g/mol. The van der Waals surface area contributed by atoms with Crippen molar-refractivity contribution in [2.45, 2.75) is 31.8 Å². The Morgan fingerprint density at radius 3 is 2.56 bits per heavy atom. The molecule has 0 saturated heterocycles. The van der Waals surface area contributed by atoms with Crippen LogP contribution in [0.15, 0.2) is 40.3 Å². The third kappa shape index (κ3) is 1.98. The van der Waals surface area contributed by atoms with Gasteiger partial charge in [-0.2, -0.15) is 0 Å². The van der Waals surface area contributed by atoms with Gasteiger partial charge in [-0.05, 0) is 12.8 Å². The first-order valence-electron chi connectivity index (χ1n) is 5.73. The van der Waals surface area contributed by atoms with E-state index in [-0.39, 0.29) is 0 Å². The van der Waals surface area contributed by atoms with Crippen molar-refractivity contribution in [3.05, 3.63) is 35.9 Å². The van der Waals surface area contributed by atoms with Gasteiger partial charge in [0, 0.05) is 5.56 Å². The van der Waals surface area contributed by atoms with E-state index in [1.807, 2.05) is 18.2 Å². The van der Waals surface area contributed by atoms with Gasteiger partial charge in [-0.15, -0.1) is 0 Å². The van der Waals surface area contributed by atoms with Crippen LogP contribution in [-0.4, -0.2) is 12.1 Å². The summed E-state index contributed by atoms with van der Waals surface area (Å²) in [6, 6.07) is 10.2. The SMILES string of the molecule is CCCCC1(c2ccccc2)N=CC(N)=N1.